The lowest BCUT2D eigenvalue weighted by Crippen LogP contribution is -2.07. The Morgan fingerprint density at radius 1 is 1.14 bits per heavy atom. The van der Waals surface area contributed by atoms with Gasteiger partial charge in [0.2, 0.25) is 0 Å². The van der Waals surface area contributed by atoms with Gasteiger partial charge in [-0.2, -0.15) is 0 Å². The van der Waals surface area contributed by atoms with Crippen LogP contribution < -0.4 is 9.47 Å². The molecule has 3 heteroatoms. The molecule has 0 spiro atoms. The minimum absolute atomic E-state index is 0.0513. The van der Waals surface area contributed by atoms with Crippen LogP contribution in [0.5, 0.6) is 11.5 Å². The molecule has 0 aromatic heterocycles. The van der Waals surface area contributed by atoms with Crippen molar-refractivity contribution in [3.63, 3.8) is 0 Å². The van der Waals surface area contributed by atoms with Crippen molar-refractivity contribution in [1.29, 1.82) is 0 Å². The Balaban J connectivity index is 2.25. The van der Waals surface area contributed by atoms with Gasteiger partial charge in [-0.3, -0.25) is 4.79 Å². The van der Waals surface area contributed by atoms with Crippen molar-refractivity contribution in [2.75, 3.05) is 13.7 Å². The second kappa shape index (κ2) is 6.93. The van der Waals surface area contributed by atoms with Gasteiger partial charge in [0.15, 0.2) is 5.78 Å². The van der Waals surface area contributed by atoms with Gasteiger partial charge in [-0.1, -0.05) is 23.8 Å². The fraction of sp³-hybridized carbons (Fsp3) is 0.278. The highest BCUT2D eigenvalue weighted by molar-refractivity contribution is 6.00. The smallest absolute Gasteiger partial charge is 0.170 e. The van der Waals surface area contributed by atoms with E-state index >= 15 is 0 Å². The number of carbonyl (C=O) groups excluding carboxylic acids is 1. The third-order valence-electron chi connectivity index (χ3n) is 3.23. The quantitative estimate of drug-likeness (QED) is 0.756. The van der Waals surface area contributed by atoms with E-state index in [1.807, 2.05) is 56.3 Å². The lowest BCUT2D eigenvalue weighted by atomic mass is 10.0. The van der Waals surface area contributed by atoms with Gasteiger partial charge in [0, 0.05) is 6.42 Å². The first-order chi connectivity index (χ1) is 10.1. The summed E-state index contributed by atoms with van der Waals surface area (Å²) < 4.78 is 10.7. The minimum Gasteiger partial charge on any atom is -0.497 e. The number of ketones is 1. The summed E-state index contributed by atoms with van der Waals surface area (Å²) in [5.74, 6) is 1.46. The van der Waals surface area contributed by atoms with Crippen LogP contribution in [0.25, 0.3) is 0 Å². The molecule has 0 fully saturated rings. The van der Waals surface area contributed by atoms with Crippen molar-refractivity contribution in [2.45, 2.75) is 20.3 Å². The van der Waals surface area contributed by atoms with Crippen LogP contribution in [0.3, 0.4) is 0 Å². The molecule has 0 atom stereocenters. The Labute approximate surface area is 125 Å². The van der Waals surface area contributed by atoms with Crippen LogP contribution in [0.4, 0.5) is 0 Å². The first kappa shape index (κ1) is 15.1. The molecular formula is C18H20O3. The lowest BCUT2D eigenvalue weighted by molar-refractivity contribution is 0.0989. The topological polar surface area (TPSA) is 35.5 Å². The number of hydrogen-bond acceptors (Lipinski definition) is 3. The Kier molecular flexibility index (Phi) is 4.99. The Hall–Kier alpha value is -2.29. The first-order valence-corrected chi connectivity index (χ1v) is 7.03. The summed E-state index contributed by atoms with van der Waals surface area (Å²) >= 11 is 0. The van der Waals surface area contributed by atoms with Crippen LogP contribution in [0.2, 0.25) is 0 Å². The van der Waals surface area contributed by atoms with Crippen LogP contribution in [-0.2, 0) is 6.42 Å². The van der Waals surface area contributed by atoms with E-state index in [1.54, 1.807) is 7.11 Å². The maximum absolute atomic E-state index is 12.5. The molecule has 0 aliphatic heterocycles. The second-order valence-electron chi connectivity index (χ2n) is 4.88. The molecule has 0 saturated heterocycles. The summed E-state index contributed by atoms with van der Waals surface area (Å²) in [5, 5.41) is 0. The van der Waals surface area contributed by atoms with Gasteiger partial charge < -0.3 is 9.47 Å². The zero-order valence-corrected chi connectivity index (χ0v) is 12.7. The summed E-state index contributed by atoms with van der Waals surface area (Å²) in [4.78, 5) is 12.5. The third-order valence-corrected chi connectivity index (χ3v) is 3.23. The van der Waals surface area contributed by atoms with E-state index in [2.05, 4.69) is 0 Å². The number of carbonyl (C=O) groups is 1. The highest BCUT2D eigenvalue weighted by atomic mass is 16.5. The van der Waals surface area contributed by atoms with Crippen molar-refractivity contribution in [2.24, 2.45) is 0 Å². The highest BCUT2D eigenvalue weighted by Crippen LogP contribution is 2.23. The molecule has 3 nitrogen and oxygen atoms in total. The fourth-order valence-electron chi connectivity index (χ4n) is 2.21. The van der Waals surface area contributed by atoms with Crippen LogP contribution in [-0.4, -0.2) is 19.5 Å². The van der Waals surface area contributed by atoms with Crippen molar-refractivity contribution >= 4 is 5.78 Å². The van der Waals surface area contributed by atoms with Crippen LogP contribution in [0.15, 0.2) is 42.5 Å². The lowest BCUT2D eigenvalue weighted by Gasteiger charge is -2.11. The van der Waals surface area contributed by atoms with Gasteiger partial charge in [0.05, 0.1) is 19.3 Å². The van der Waals surface area contributed by atoms with Crippen LogP contribution >= 0.6 is 0 Å². The molecule has 0 radical (unpaired) electrons. The van der Waals surface area contributed by atoms with Gasteiger partial charge in [-0.05, 0) is 43.7 Å². The van der Waals surface area contributed by atoms with E-state index in [9.17, 15) is 4.79 Å². The Bertz CT molecular complexity index is 632. The largest absolute Gasteiger partial charge is 0.497 e. The van der Waals surface area contributed by atoms with E-state index in [-0.39, 0.29) is 5.78 Å². The predicted octanol–water partition coefficient (Wildman–Crippen LogP) is 3.83. The number of methoxy groups -OCH3 is 1. The molecule has 0 bridgehead atoms. The minimum atomic E-state index is 0.0513. The Morgan fingerprint density at radius 3 is 2.67 bits per heavy atom. The second-order valence-corrected chi connectivity index (χ2v) is 4.88. The summed E-state index contributed by atoms with van der Waals surface area (Å²) in [7, 11) is 1.62. The maximum atomic E-state index is 12.5. The molecule has 110 valence electrons. The van der Waals surface area contributed by atoms with Crippen LogP contribution in [0, 0.1) is 6.92 Å². The average molecular weight is 284 g/mol. The summed E-state index contributed by atoms with van der Waals surface area (Å²) in [5.41, 5.74) is 2.62. The first-order valence-electron chi connectivity index (χ1n) is 7.03. The summed E-state index contributed by atoms with van der Waals surface area (Å²) in [6, 6.07) is 13.3. The zero-order valence-electron chi connectivity index (χ0n) is 12.7. The predicted molar refractivity (Wildman–Crippen MR) is 83.4 cm³/mol. The van der Waals surface area contributed by atoms with E-state index < -0.39 is 0 Å². The number of ether oxygens (including phenoxy) is 2. The van der Waals surface area contributed by atoms with E-state index in [1.165, 1.54) is 0 Å². The van der Waals surface area contributed by atoms with Gasteiger partial charge in [0.25, 0.3) is 0 Å². The number of rotatable bonds is 6. The fourth-order valence-corrected chi connectivity index (χ4v) is 2.21. The number of aryl methyl sites for hydroxylation is 1. The molecule has 0 saturated carbocycles. The standard InChI is InChI=1S/C18H20O3/c1-4-21-18-9-8-13(2)10-16(18)17(19)12-14-6-5-7-15(11-14)20-3/h5-11H,4,12H2,1-3H3. The average Bonchev–Trinajstić information content (AvgIpc) is 2.49. The van der Waals surface area contributed by atoms with Gasteiger partial charge >= 0.3 is 0 Å². The molecule has 0 heterocycles. The van der Waals surface area contributed by atoms with Crippen molar-refractivity contribution < 1.29 is 14.3 Å². The molecule has 2 aromatic rings. The van der Waals surface area contributed by atoms with E-state index in [0.29, 0.717) is 24.3 Å². The normalized spacial score (nSPS) is 10.2. The van der Waals surface area contributed by atoms with Crippen molar-refractivity contribution in [1.82, 2.24) is 0 Å². The SMILES string of the molecule is CCOc1ccc(C)cc1C(=O)Cc1cccc(OC)c1. The van der Waals surface area contributed by atoms with Gasteiger partial charge in [-0.15, -0.1) is 0 Å². The van der Waals surface area contributed by atoms with E-state index in [0.717, 1.165) is 16.9 Å². The third kappa shape index (κ3) is 3.85. The van der Waals surface area contributed by atoms with Crippen molar-refractivity contribution in [3.8, 4) is 11.5 Å². The molecule has 2 aromatic carbocycles. The van der Waals surface area contributed by atoms with Crippen molar-refractivity contribution in [3.05, 3.63) is 59.2 Å². The maximum Gasteiger partial charge on any atom is 0.170 e. The van der Waals surface area contributed by atoms with Gasteiger partial charge in [-0.25, -0.2) is 0 Å². The van der Waals surface area contributed by atoms with Gasteiger partial charge in [0.1, 0.15) is 11.5 Å². The molecule has 0 N–H and O–H groups in total. The molecule has 0 amide bonds. The van der Waals surface area contributed by atoms with Crippen LogP contribution in [0.1, 0.15) is 28.4 Å². The Morgan fingerprint density at radius 2 is 1.95 bits per heavy atom. The zero-order chi connectivity index (χ0) is 15.2. The summed E-state index contributed by atoms with van der Waals surface area (Å²) in [6.07, 6.45) is 0.334. The summed E-state index contributed by atoms with van der Waals surface area (Å²) in [6.45, 7) is 4.43. The highest BCUT2D eigenvalue weighted by Gasteiger charge is 2.13. The molecular weight excluding hydrogens is 264 g/mol. The monoisotopic (exact) mass is 284 g/mol. The number of Topliss-reactive ketones (excluding diaryl/α,β-unsaturated/α-hetero) is 1. The molecule has 0 aliphatic carbocycles. The number of hydrogen-bond donors (Lipinski definition) is 0. The number of benzene rings is 2. The van der Waals surface area contributed by atoms with E-state index in [4.69, 9.17) is 9.47 Å². The molecule has 0 unspecified atom stereocenters. The molecule has 2 rings (SSSR count). The molecule has 0 aliphatic rings. The molecule has 21 heavy (non-hydrogen) atoms.